The normalized spacial score (nSPS) is 15.9. The predicted octanol–water partition coefficient (Wildman–Crippen LogP) is 3.30. The van der Waals surface area contributed by atoms with Gasteiger partial charge in [0.1, 0.15) is 11.4 Å². The number of carbonyl (C=O) groups is 3. The Morgan fingerprint density at radius 3 is 2.52 bits per heavy atom. The van der Waals surface area contributed by atoms with Gasteiger partial charge in [0.15, 0.2) is 0 Å². The molecule has 1 atom stereocenters. The van der Waals surface area contributed by atoms with Crippen LogP contribution in [-0.2, 0) is 26.3 Å². The van der Waals surface area contributed by atoms with Gasteiger partial charge < -0.3 is 5.11 Å². The highest BCUT2D eigenvalue weighted by Gasteiger charge is 2.48. The first-order chi connectivity index (χ1) is 14.8. The van der Waals surface area contributed by atoms with Crippen molar-refractivity contribution in [3.8, 4) is 0 Å². The van der Waals surface area contributed by atoms with E-state index in [0.717, 1.165) is 5.56 Å². The summed E-state index contributed by atoms with van der Waals surface area (Å²) in [5, 5.41) is 12.3. The Labute approximate surface area is 180 Å². The molecule has 31 heavy (non-hydrogen) atoms. The third-order valence-electron chi connectivity index (χ3n) is 5.64. The molecule has 1 aliphatic heterocycles. The summed E-state index contributed by atoms with van der Waals surface area (Å²) >= 11 is 0. The average molecular weight is 427 g/mol. The fourth-order valence-electron chi connectivity index (χ4n) is 4.31. The molecular formula is C23H26FN3O4. The zero-order chi connectivity index (χ0) is 22.4. The van der Waals surface area contributed by atoms with Crippen molar-refractivity contribution in [3.05, 3.63) is 65.7 Å². The van der Waals surface area contributed by atoms with Crippen molar-refractivity contribution in [3.63, 3.8) is 0 Å². The van der Waals surface area contributed by atoms with Crippen LogP contribution in [0.5, 0.6) is 0 Å². The minimum atomic E-state index is -1.57. The van der Waals surface area contributed by atoms with Crippen LogP contribution in [0.4, 0.5) is 4.39 Å². The third-order valence-corrected chi connectivity index (χ3v) is 5.64. The molecular weight excluding hydrogens is 401 g/mol. The van der Waals surface area contributed by atoms with E-state index < -0.39 is 29.7 Å². The van der Waals surface area contributed by atoms with Crippen LogP contribution in [0, 0.1) is 5.82 Å². The molecule has 0 saturated carbocycles. The molecule has 0 aliphatic carbocycles. The summed E-state index contributed by atoms with van der Waals surface area (Å²) in [6.07, 6.45) is 4.83. The van der Waals surface area contributed by atoms with Gasteiger partial charge in [-0.25, -0.2) is 9.40 Å². The zero-order valence-corrected chi connectivity index (χ0v) is 17.5. The number of aromatic nitrogens is 1. The van der Waals surface area contributed by atoms with Crippen molar-refractivity contribution in [2.24, 2.45) is 0 Å². The standard InChI is InChI=1S/C23H26FN3O4/c1-17(28)27(26-15-5-4-8-21(26)29)23(16-22(30)31,19-6-2-3-7-20(19)24)12-9-18-10-13-25-14-11-18/h2-3,6-7,10-11,13-14H,4-5,8-9,12,15-16H2,1H3,(H,30,31). The van der Waals surface area contributed by atoms with Crippen LogP contribution >= 0.6 is 0 Å². The van der Waals surface area contributed by atoms with Crippen LogP contribution in [0.1, 0.15) is 50.2 Å². The first kappa shape index (κ1) is 22.4. The van der Waals surface area contributed by atoms with Crippen molar-refractivity contribution < 1.29 is 23.9 Å². The molecule has 3 rings (SSSR count). The molecule has 1 aromatic carbocycles. The lowest BCUT2D eigenvalue weighted by molar-refractivity contribution is -0.186. The number of rotatable bonds is 8. The number of carboxylic acids is 1. The van der Waals surface area contributed by atoms with E-state index in [1.807, 2.05) is 0 Å². The van der Waals surface area contributed by atoms with Crippen molar-refractivity contribution in [2.75, 3.05) is 6.54 Å². The lowest BCUT2D eigenvalue weighted by atomic mass is 9.80. The van der Waals surface area contributed by atoms with E-state index in [0.29, 0.717) is 19.3 Å². The molecule has 0 bridgehead atoms. The predicted molar refractivity (Wildman–Crippen MR) is 111 cm³/mol. The van der Waals surface area contributed by atoms with Crippen LogP contribution < -0.4 is 0 Å². The molecule has 1 aliphatic rings. The van der Waals surface area contributed by atoms with E-state index in [4.69, 9.17) is 0 Å². The molecule has 164 valence electrons. The van der Waals surface area contributed by atoms with E-state index in [9.17, 15) is 19.5 Å². The Morgan fingerprint density at radius 2 is 1.90 bits per heavy atom. The number of hydrogen-bond acceptors (Lipinski definition) is 4. The van der Waals surface area contributed by atoms with Crippen molar-refractivity contribution >= 4 is 17.8 Å². The Kier molecular flexibility index (Phi) is 6.99. The molecule has 0 spiro atoms. The fraction of sp³-hybridized carbons (Fsp3) is 0.391. The van der Waals surface area contributed by atoms with Gasteiger partial charge in [0, 0.05) is 37.8 Å². The number of amides is 2. The van der Waals surface area contributed by atoms with E-state index in [1.54, 1.807) is 30.6 Å². The maximum atomic E-state index is 15.1. The highest BCUT2D eigenvalue weighted by molar-refractivity contribution is 5.83. The Morgan fingerprint density at radius 1 is 1.19 bits per heavy atom. The van der Waals surface area contributed by atoms with Gasteiger partial charge in [-0.15, -0.1) is 0 Å². The van der Waals surface area contributed by atoms with Crippen LogP contribution in [0.25, 0.3) is 0 Å². The van der Waals surface area contributed by atoms with E-state index >= 15 is 4.39 Å². The minimum absolute atomic E-state index is 0.0834. The Hall–Kier alpha value is -3.29. The Balaban J connectivity index is 2.17. The second-order valence-electron chi connectivity index (χ2n) is 7.74. The summed E-state index contributed by atoms with van der Waals surface area (Å²) in [4.78, 5) is 41.7. The second kappa shape index (κ2) is 9.68. The monoisotopic (exact) mass is 427 g/mol. The smallest absolute Gasteiger partial charge is 0.306 e. The van der Waals surface area contributed by atoms with Gasteiger partial charge in [0.05, 0.1) is 6.42 Å². The molecule has 1 saturated heterocycles. The van der Waals surface area contributed by atoms with Gasteiger partial charge in [-0.2, -0.15) is 0 Å². The molecule has 1 fully saturated rings. The molecule has 8 heteroatoms. The lowest BCUT2D eigenvalue weighted by Crippen LogP contribution is -2.61. The largest absolute Gasteiger partial charge is 0.481 e. The number of carboxylic acid groups (broad SMARTS) is 1. The van der Waals surface area contributed by atoms with Gasteiger partial charge in [-0.05, 0) is 49.4 Å². The summed E-state index contributed by atoms with van der Waals surface area (Å²) in [5.41, 5.74) is -0.617. The summed E-state index contributed by atoms with van der Waals surface area (Å²) in [5.74, 6) is -2.58. The molecule has 2 amide bonds. The van der Waals surface area contributed by atoms with Crippen LogP contribution in [-0.4, -0.2) is 44.4 Å². The van der Waals surface area contributed by atoms with Gasteiger partial charge in [0.2, 0.25) is 11.8 Å². The van der Waals surface area contributed by atoms with Gasteiger partial charge >= 0.3 is 5.97 Å². The summed E-state index contributed by atoms with van der Waals surface area (Å²) in [6, 6.07) is 9.44. The van der Waals surface area contributed by atoms with E-state index in [2.05, 4.69) is 4.98 Å². The number of hydrogen-bond donors (Lipinski definition) is 1. The molecule has 2 aromatic rings. The second-order valence-corrected chi connectivity index (χ2v) is 7.74. The highest BCUT2D eigenvalue weighted by atomic mass is 19.1. The quantitative estimate of drug-likeness (QED) is 0.698. The fourth-order valence-corrected chi connectivity index (χ4v) is 4.31. The number of aryl methyl sites for hydroxylation is 1. The number of hydrazine groups is 1. The van der Waals surface area contributed by atoms with Crippen molar-refractivity contribution in [2.45, 2.75) is 51.0 Å². The third kappa shape index (κ3) is 4.90. The van der Waals surface area contributed by atoms with Gasteiger partial charge in [-0.1, -0.05) is 18.2 Å². The summed E-state index contributed by atoms with van der Waals surface area (Å²) in [7, 11) is 0. The van der Waals surface area contributed by atoms with Crippen LogP contribution in [0.15, 0.2) is 48.8 Å². The summed E-state index contributed by atoms with van der Waals surface area (Å²) < 4.78 is 15.1. The topological polar surface area (TPSA) is 90.8 Å². The molecule has 1 unspecified atom stereocenters. The SMILES string of the molecule is CC(=O)N(N1CCCCC1=O)C(CCc1ccncc1)(CC(=O)O)c1ccccc1F. The number of pyridine rings is 1. The maximum Gasteiger partial charge on any atom is 0.306 e. The average Bonchev–Trinajstić information content (AvgIpc) is 2.74. The molecule has 7 nitrogen and oxygen atoms in total. The van der Waals surface area contributed by atoms with E-state index in [1.165, 1.54) is 35.1 Å². The van der Waals surface area contributed by atoms with Crippen LogP contribution in [0.3, 0.4) is 0 Å². The number of carbonyl (C=O) groups excluding carboxylic acids is 2. The van der Waals surface area contributed by atoms with Crippen molar-refractivity contribution in [1.29, 1.82) is 0 Å². The summed E-state index contributed by atoms with van der Waals surface area (Å²) in [6.45, 7) is 1.56. The highest BCUT2D eigenvalue weighted by Crippen LogP contribution is 2.40. The van der Waals surface area contributed by atoms with Crippen molar-refractivity contribution in [1.82, 2.24) is 15.0 Å². The molecule has 1 N–H and O–H groups in total. The van der Waals surface area contributed by atoms with Gasteiger partial charge in [0.25, 0.3) is 0 Å². The number of benzene rings is 1. The first-order valence-corrected chi connectivity index (χ1v) is 10.3. The van der Waals surface area contributed by atoms with Gasteiger partial charge in [-0.3, -0.25) is 24.4 Å². The molecule has 2 heterocycles. The maximum absolute atomic E-state index is 15.1. The van der Waals surface area contributed by atoms with Crippen LogP contribution in [0.2, 0.25) is 0 Å². The number of halogens is 1. The molecule has 1 aromatic heterocycles. The minimum Gasteiger partial charge on any atom is -0.481 e. The lowest BCUT2D eigenvalue weighted by Gasteiger charge is -2.49. The zero-order valence-electron chi connectivity index (χ0n) is 17.5. The number of nitrogens with zero attached hydrogens (tertiary/aromatic N) is 3. The first-order valence-electron chi connectivity index (χ1n) is 10.3. The molecule has 0 radical (unpaired) electrons. The Bertz CT molecular complexity index is 953. The van der Waals surface area contributed by atoms with E-state index in [-0.39, 0.29) is 30.9 Å². The number of piperidine rings is 1. The number of aliphatic carboxylic acids is 1.